The number of hydrogen-bond acceptors (Lipinski definition) is 2. The first-order chi connectivity index (χ1) is 10.6. The van der Waals surface area contributed by atoms with E-state index in [-0.39, 0.29) is 11.5 Å². The summed E-state index contributed by atoms with van der Waals surface area (Å²) in [5.74, 6) is -0.937. The van der Waals surface area contributed by atoms with Gasteiger partial charge in [0.2, 0.25) is 0 Å². The van der Waals surface area contributed by atoms with E-state index in [1.807, 2.05) is 32.1 Å². The molecule has 0 radical (unpaired) electrons. The first kappa shape index (κ1) is 19.2. The molecule has 0 bridgehead atoms. The van der Waals surface area contributed by atoms with Crippen LogP contribution in [-0.2, 0) is 4.79 Å². The van der Waals surface area contributed by atoms with Crippen LogP contribution in [0.5, 0.6) is 0 Å². The number of rotatable bonds is 5. The molecule has 0 saturated carbocycles. The van der Waals surface area contributed by atoms with E-state index in [1.54, 1.807) is 13.0 Å². The Labute approximate surface area is 139 Å². The first-order valence-corrected chi connectivity index (χ1v) is 7.97. The minimum atomic E-state index is -0.937. The molecule has 0 fully saturated rings. The van der Waals surface area contributed by atoms with Crippen LogP contribution in [-0.4, -0.2) is 22.3 Å². The predicted molar refractivity (Wildman–Crippen MR) is 95.2 cm³/mol. The second kappa shape index (κ2) is 8.11. The van der Waals surface area contributed by atoms with Crippen LogP contribution in [0.3, 0.4) is 0 Å². The Hall–Kier alpha value is -1.87. The molecule has 2 N–H and O–H groups in total. The van der Waals surface area contributed by atoms with Gasteiger partial charge < -0.3 is 10.2 Å². The molecule has 0 heterocycles. The summed E-state index contributed by atoms with van der Waals surface area (Å²) in [5.41, 5.74) is 4.11. The molecule has 1 atom stereocenters. The van der Waals surface area contributed by atoms with Crippen LogP contribution in [0, 0.1) is 5.41 Å². The lowest BCUT2D eigenvalue weighted by molar-refractivity contribution is -0.131. The summed E-state index contributed by atoms with van der Waals surface area (Å²) in [5, 5.41) is 18.7. The average Bonchev–Trinajstić information content (AvgIpc) is 2.42. The summed E-state index contributed by atoms with van der Waals surface area (Å²) < 4.78 is 0. The second-order valence-corrected chi connectivity index (χ2v) is 6.86. The van der Waals surface area contributed by atoms with E-state index in [9.17, 15) is 9.90 Å². The highest BCUT2D eigenvalue weighted by atomic mass is 16.4. The number of aliphatic hydroxyl groups excluding tert-OH is 1. The molecule has 0 aliphatic heterocycles. The molecular weight excluding hydrogens is 288 g/mol. The van der Waals surface area contributed by atoms with Crippen LogP contribution >= 0.6 is 0 Å². The minimum absolute atomic E-state index is 0.0801. The lowest BCUT2D eigenvalue weighted by atomic mass is 9.71. The van der Waals surface area contributed by atoms with Crippen molar-refractivity contribution in [2.45, 2.75) is 53.6 Å². The van der Waals surface area contributed by atoms with Gasteiger partial charge in [0.15, 0.2) is 0 Å². The normalized spacial score (nSPS) is 23.1. The third kappa shape index (κ3) is 6.03. The van der Waals surface area contributed by atoms with Crippen molar-refractivity contribution in [2.24, 2.45) is 5.41 Å². The number of aliphatic hydroxyl groups is 1. The van der Waals surface area contributed by atoms with E-state index < -0.39 is 5.97 Å². The van der Waals surface area contributed by atoms with Gasteiger partial charge >= 0.3 is 5.97 Å². The molecule has 1 rings (SSSR count). The molecule has 1 aliphatic rings. The van der Waals surface area contributed by atoms with Crippen molar-refractivity contribution >= 4 is 5.97 Å². The summed E-state index contributed by atoms with van der Waals surface area (Å²) in [6.07, 6.45) is 12.3. The zero-order chi connectivity index (χ0) is 17.6. The molecule has 0 aromatic carbocycles. The van der Waals surface area contributed by atoms with Crippen LogP contribution in [0.25, 0.3) is 0 Å². The van der Waals surface area contributed by atoms with E-state index in [0.29, 0.717) is 5.57 Å². The second-order valence-electron chi connectivity index (χ2n) is 6.86. The fourth-order valence-corrected chi connectivity index (χ4v) is 2.78. The number of aliphatic carboxylic acids is 1. The maximum atomic E-state index is 10.5. The van der Waals surface area contributed by atoms with Crippen molar-refractivity contribution in [2.75, 3.05) is 0 Å². The van der Waals surface area contributed by atoms with E-state index in [2.05, 4.69) is 19.9 Å². The molecule has 3 heteroatoms. The fourth-order valence-electron chi connectivity index (χ4n) is 2.78. The third-order valence-electron chi connectivity index (χ3n) is 4.28. The molecule has 126 valence electrons. The fraction of sp³-hybridized carbons (Fsp3) is 0.450. The van der Waals surface area contributed by atoms with Crippen molar-refractivity contribution in [1.29, 1.82) is 0 Å². The van der Waals surface area contributed by atoms with E-state index in [1.165, 1.54) is 11.6 Å². The van der Waals surface area contributed by atoms with Gasteiger partial charge in [-0.1, -0.05) is 49.8 Å². The number of hydrogen-bond donors (Lipinski definition) is 2. The van der Waals surface area contributed by atoms with E-state index in [0.717, 1.165) is 24.0 Å². The van der Waals surface area contributed by atoms with Crippen molar-refractivity contribution < 1.29 is 15.0 Å². The van der Waals surface area contributed by atoms with Crippen LogP contribution < -0.4 is 0 Å². The monoisotopic (exact) mass is 316 g/mol. The third-order valence-corrected chi connectivity index (χ3v) is 4.28. The maximum Gasteiger partial charge on any atom is 0.328 e. The van der Waals surface area contributed by atoms with Crippen LogP contribution in [0.2, 0.25) is 0 Å². The standard InChI is InChI=1S/C20H28O3/c1-14(7-6-8-15(2)13-19(22)23)9-10-17-16(3)18(21)11-12-20(17,4)5/h6-10,13,18,21H,11-12H2,1-5H3,(H,22,23)/b8-6+,10-9+,14-7-,15-13+/t18-/m1/s1. The number of carboxylic acid groups (broad SMARTS) is 1. The largest absolute Gasteiger partial charge is 0.478 e. The van der Waals surface area contributed by atoms with Crippen LogP contribution in [0.4, 0.5) is 0 Å². The Morgan fingerprint density at radius 2 is 1.87 bits per heavy atom. The van der Waals surface area contributed by atoms with Gasteiger partial charge in [0.1, 0.15) is 0 Å². The molecule has 0 spiro atoms. The Morgan fingerprint density at radius 1 is 1.22 bits per heavy atom. The van der Waals surface area contributed by atoms with Gasteiger partial charge in [0, 0.05) is 6.08 Å². The highest BCUT2D eigenvalue weighted by molar-refractivity contribution is 5.81. The predicted octanol–water partition coefficient (Wildman–Crippen LogP) is 4.57. The Balaban J connectivity index is 2.87. The van der Waals surface area contributed by atoms with E-state index >= 15 is 0 Å². The summed E-state index contributed by atoms with van der Waals surface area (Å²) in [7, 11) is 0. The maximum absolute atomic E-state index is 10.5. The van der Waals surface area contributed by atoms with Crippen molar-refractivity contribution in [3.63, 3.8) is 0 Å². The molecule has 0 aromatic heterocycles. The van der Waals surface area contributed by atoms with Crippen molar-refractivity contribution in [3.05, 3.63) is 58.7 Å². The van der Waals surface area contributed by atoms with Gasteiger partial charge in [-0.25, -0.2) is 4.79 Å². The number of allylic oxidation sites excluding steroid dienone is 8. The Kier molecular flexibility index (Phi) is 6.77. The molecule has 3 nitrogen and oxygen atoms in total. The number of carboxylic acids is 1. The van der Waals surface area contributed by atoms with Crippen LogP contribution in [0.1, 0.15) is 47.5 Å². The minimum Gasteiger partial charge on any atom is -0.478 e. The average molecular weight is 316 g/mol. The molecular formula is C20H28O3. The van der Waals surface area contributed by atoms with Gasteiger partial charge in [0.25, 0.3) is 0 Å². The molecule has 0 amide bonds. The summed E-state index contributed by atoms with van der Waals surface area (Å²) in [4.78, 5) is 10.5. The summed E-state index contributed by atoms with van der Waals surface area (Å²) in [6, 6.07) is 0. The highest BCUT2D eigenvalue weighted by Gasteiger charge is 2.30. The summed E-state index contributed by atoms with van der Waals surface area (Å²) in [6.45, 7) is 10.2. The zero-order valence-corrected chi connectivity index (χ0v) is 14.8. The first-order valence-electron chi connectivity index (χ1n) is 7.97. The highest BCUT2D eigenvalue weighted by Crippen LogP contribution is 2.40. The van der Waals surface area contributed by atoms with Crippen molar-refractivity contribution in [1.82, 2.24) is 0 Å². The van der Waals surface area contributed by atoms with E-state index in [4.69, 9.17) is 5.11 Å². The number of carbonyl (C=O) groups is 1. The SMILES string of the molecule is CC1=C(/C=C/C(C)=C\C=C\C(C)=C\C(=O)O)C(C)(C)CC[C@H]1O. The molecule has 0 aromatic rings. The molecule has 0 saturated heterocycles. The molecule has 23 heavy (non-hydrogen) atoms. The smallest absolute Gasteiger partial charge is 0.328 e. The van der Waals surface area contributed by atoms with Crippen molar-refractivity contribution in [3.8, 4) is 0 Å². The molecule has 1 aliphatic carbocycles. The van der Waals surface area contributed by atoms with Gasteiger partial charge in [-0.05, 0) is 55.7 Å². The van der Waals surface area contributed by atoms with Gasteiger partial charge in [-0.15, -0.1) is 0 Å². The topological polar surface area (TPSA) is 57.5 Å². The molecule has 0 unspecified atom stereocenters. The lowest BCUT2D eigenvalue weighted by Gasteiger charge is -2.35. The quantitative estimate of drug-likeness (QED) is 0.577. The zero-order valence-electron chi connectivity index (χ0n) is 14.8. The lowest BCUT2D eigenvalue weighted by Crippen LogP contribution is -2.27. The van der Waals surface area contributed by atoms with Gasteiger partial charge in [-0.3, -0.25) is 0 Å². The Bertz CT molecular complexity index is 598. The van der Waals surface area contributed by atoms with Gasteiger partial charge in [-0.2, -0.15) is 0 Å². The summed E-state index contributed by atoms with van der Waals surface area (Å²) >= 11 is 0. The Morgan fingerprint density at radius 3 is 2.48 bits per heavy atom. The van der Waals surface area contributed by atoms with Crippen LogP contribution in [0.15, 0.2) is 58.7 Å². The van der Waals surface area contributed by atoms with Gasteiger partial charge in [0.05, 0.1) is 6.10 Å².